The lowest BCUT2D eigenvalue weighted by atomic mass is 10.0. The summed E-state index contributed by atoms with van der Waals surface area (Å²) in [4.78, 5) is 2.37. The first-order valence-corrected chi connectivity index (χ1v) is 8.44. The van der Waals surface area contributed by atoms with Gasteiger partial charge in [0.2, 0.25) is 5.75 Å². The highest BCUT2D eigenvalue weighted by Crippen LogP contribution is 2.40. The molecule has 0 bridgehead atoms. The van der Waals surface area contributed by atoms with Gasteiger partial charge in [-0.25, -0.2) is 4.39 Å². The molecule has 1 saturated heterocycles. The van der Waals surface area contributed by atoms with Crippen molar-refractivity contribution in [2.24, 2.45) is 0 Å². The highest BCUT2D eigenvalue weighted by molar-refractivity contribution is 5.53. The molecule has 3 rings (SSSR count). The van der Waals surface area contributed by atoms with Crippen LogP contribution in [0, 0.1) is 5.82 Å². The molecule has 1 heterocycles. The molecular formula is C20H24FNO3. The Balaban J connectivity index is 1.86. The van der Waals surface area contributed by atoms with Crippen molar-refractivity contribution < 1.29 is 18.6 Å². The summed E-state index contributed by atoms with van der Waals surface area (Å²) >= 11 is 0. The fraction of sp³-hybridized carbons (Fsp3) is 0.400. The molecule has 1 fully saturated rings. The maximum Gasteiger partial charge on any atom is 0.203 e. The number of nitrogens with zero attached hydrogens (tertiary/aromatic N) is 1. The molecule has 1 aliphatic rings. The second kappa shape index (κ2) is 7.74. The Morgan fingerprint density at radius 2 is 1.76 bits per heavy atom. The monoisotopic (exact) mass is 345 g/mol. The van der Waals surface area contributed by atoms with Crippen molar-refractivity contribution in [1.82, 2.24) is 4.90 Å². The maximum absolute atomic E-state index is 13.6. The minimum atomic E-state index is -0.183. The van der Waals surface area contributed by atoms with Gasteiger partial charge in [0.1, 0.15) is 5.82 Å². The van der Waals surface area contributed by atoms with Crippen LogP contribution in [0.4, 0.5) is 4.39 Å². The third-order valence-electron chi connectivity index (χ3n) is 4.71. The normalized spacial score (nSPS) is 17.5. The first-order chi connectivity index (χ1) is 12.2. The van der Waals surface area contributed by atoms with Crippen LogP contribution in [0.1, 0.15) is 30.0 Å². The standard InChI is InChI=1S/C20H24FNO3/c1-23-18-10-14(11-19(24-2)20(18)25-3)13-22-9-5-8-17(22)15-6-4-7-16(21)12-15/h4,6-7,10-12,17H,5,8-9,13H2,1-3H3/t17-/m1/s1. The van der Waals surface area contributed by atoms with Crippen molar-refractivity contribution in [3.63, 3.8) is 0 Å². The molecule has 5 heteroatoms. The van der Waals surface area contributed by atoms with Crippen LogP contribution in [0.5, 0.6) is 17.2 Å². The topological polar surface area (TPSA) is 30.9 Å². The van der Waals surface area contributed by atoms with Gasteiger partial charge in [-0.15, -0.1) is 0 Å². The molecule has 0 N–H and O–H groups in total. The van der Waals surface area contributed by atoms with E-state index in [1.165, 1.54) is 6.07 Å². The molecule has 134 valence electrons. The third-order valence-corrected chi connectivity index (χ3v) is 4.71. The Labute approximate surface area is 148 Å². The van der Waals surface area contributed by atoms with Gasteiger partial charge in [0.05, 0.1) is 21.3 Å². The molecule has 1 atom stereocenters. The predicted molar refractivity (Wildman–Crippen MR) is 94.9 cm³/mol. The van der Waals surface area contributed by atoms with Crippen molar-refractivity contribution in [3.8, 4) is 17.2 Å². The molecule has 1 aliphatic heterocycles. The van der Waals surface area contributed by atoms with Gasteiger partial charge in [0.15, 0.2) is 11.5 Å². The van der Waals surface area contributed by atoms with E-state index in [-0.39, 0.29) is 11.9 Å². The quantitative estimate of drug-likeness (QED) is 0.785. The lowest BCUT2D eigenvalue weighted by molar-refractivity contribution is 0.246. The molecule has 0 amide bonds. The van der Waals surface area contributed by atoms with Gasteiger partial charge in [-0.05, 0) is 54.8 Å². The summed E-state index contributed by atoms with van der Waals surface area (Å²) in [6.45, 7) is 1.73. The minimum absolute atomic E-state index is 0.183. The van der Waals surface area contributed by atoms with Crippen LogP contribution in [-0.4, -0.2) is 32.8 Å². The molecule has 0 radical (unpaired) electrons. The van der Waals surface area contributed by atoms with Crippen molar-refractivity contribution >= 4 is 0 Å². The van der Waals surface area contributed by atoms with Crippen LogP contribution in [0.2, 0.25) is 0 Å². The van der Waals surface area contributed by atoms with E-state index in [2.05, 4.69) is 4.90 Å². The van der Waals surface area contributed by atoms with Gasteiger partial charge in [-0.1, -0.05) is 12.1 Å². The average Bonchev–Trinajstić information content (AvgIpc) is 3.08. The molecule has 2 aromatic rings. The van der Waals surface area contributed by atoms with Gasteiger partial charge in [0.25, 0.3) is 0 Å². The Morgan fingerprint density at radius 1 is 1.04 bits per heavy atom. The fourth-order valence-electron chi connectivity index (χ4n) is 3.57. The van der Waals surface area contributed by atoms with Crippen LogP contribution in [-0.2, 0) is 6.54 Å². The van der Waals surface area contributed by atoms with Gasteiger partial charge in [-0.3, -0.25) is 4.90 Å². The van der Waals surface area contributed by atoms with Crippen LogP contribution >= 0.6 is 0 Å². The van der Waals surface area contributed by atoms with E-state index in [1.807, 2.05) is 18.2 Å². The molecule has 2 aromatic carbocycles. The smallest absolute Gasteiger partial charge is 0.203 e. The fourth-order valence-corrected chi connectivity index (χ4v) is 3.57. The zero-order valence-corrected chi connectivity index (χ0v) is 14.9. The van der Waals surface area contributed by atoms with E-state index in [0.29, 0.717) is 17.2 Å². The molecule has 0 spiro atoms. The number of methoxy groups -OCH3 is 3. The number of halogens is 1. The van der Waals surface area contributed by atoms with E-state index >= 15 is 0 Å². The van der Waals surface area contributed by atoms with Crippen LogP contribution < -0.4 is 14.2 Å². The van der Waals surface area contributed by atoms with Gasteiger partial charge < -0.3 is 14.2 Å². The minimum Gasteiger partial charge on any atom is -0.493 e. The molecule has 0 aromatic heterocycles. The average molecular weight is 345 g/mol. The van der Waals surface area contributed by atoms with Crippen LogP contribution in [0.15, 0.2) is 36.4 Å². The molecule has 4 nitrogen and oxygen atoms in total. The lowest BCUT2D eigenvalue weighted by Gasteiger charge is -2.25. The SMILES string of the molecule is COc1cc(CN2CCC[C@@H]2c2cccc(F)c2)cc(OC)c1OC. The highest BCUT2D eigenvalue weighted by atomic mass is 19.1. The number of hydrogen-bond acceptors (Lipinski definition) is 4. The summed E-state index contributed by atoms with van der Waals surface area (Å²) in [6.07, 6.45) is 2.14. The Hall–Kier alpha value is -2.27. The first-order valence-electron chi connectivity index (χ1n) is 8.44. The second-order valence-electron chi connectivity index (χ2n) is 6.22. The summed E-state index contributed by atoms with van der Waals surface area (Å²) in [5.41, 5.74) is 2.11. The zero-order valence-electron chi connectivity index (χ0n) is 14.9. The molecule has 25 heavy (non-hydrogen) atoms. The van der Waals surface area contributed by atoms with Crippen molar-refractivity contribution in [2.45, 2.75) is 25.4 Å². The summed E-state index contributed by atoms with van der Waals surface area (Å²) in [5, 5.41) is 0. The zero-order chi connectivity index (χ0) is 17.8. The van der Waals surface area contributed by atoms with E-state index in [9.17, 15) is 4.39 Å². The van der Waals surface area contributed by atoms with E-state index in [1.54, 1.807) is 33.5 Å². The number of likely N-dealkylation sites (tertiary alicyclic amines) is 1. The summed E-state index contributed by atoms with van der Waals surface area (Å²) in [7, 11) is 4.83. The van der Waals surface area contributed by atoms with Crippen molar-refractivity contribution in [3.05, 3.63) is 53.3 Å². The maximum atomic E-state index is 13.6. The summed E-state index contributed by atoms with van der Waals surface area (Å²) in [6, 6.07) is 11.1. The second-order valence-corrected chi connectivity index (χ2v) is 6.22. The molecule has 0 unspecified atom stereocenters. The predicted octanol–water partition coefficient (Wildman–Crippen LogP) is 4.19. The number of hydrogen-bond donors (Lipinski definition) is 0. The van der Waals surface area contributed by atoms with E-state index in [4.69, 9.17) is 14.2 Å². The third kappa shape index (κ3) is 3.71. The first kappa shape index (κ1) is 17.5. The highest BCUT2D eigenvalue weighted by Gasteiger charge is 2.27. The Morgan fingerprint density at radius 3 is 2.36 bits per heavy atom. The summed E-state index contributed by atoms with van der Waals surface area (Å²) in [5.74, 6) is 1.71. The Bertz CT molecular complexity index is 710. The van der Waals surface area contributed by atoms with Crippen LogP contribution in [0.3, 0.4) is 0 Å². The Kier molecular flexibility index (Phi) is 5.43. The lowest BCUT2D eigenvalue weighted by Crippen LogP contribution is -2.23. The van der Waals surface area contributed by atoms with E-state index < -0.39 is 0 Å². The van der Waals surface area contributed by atoms with Crippen molar-refractivity contribution in [1.29, 1.82) is 0 Å². The molecule has 0 aliphatic carbocycles. The molecular weight excluding hydrogens is 321 g/mol. The van der Waals surface area contributed by atoms with Crippen LogP contribution in [0.25, 0.3) is 0 Å². The number of rotatable bonds is 6. The van der Waals surface area contributed by atoms with Gasteiger partial charge >= 0.3 is 0 Å². The van der Waals surface area contributed by atoms with Crippen molar-refractivity contribution in [2.75, 3.05) is 27.9 Å². The van der Waals surface area contributed by atoms with E-state index in [0.717, 1.165) is 37.1 Å². The van der Waals surface area contributed by atoms with Gasteiger partial charge in [-0.2, -0.15) is 0 Å². The largest absolute Gasteiger partial charge is 0.493 e. The molecule has 0 saturated carbocycles. The van der Waals surface area contributed by atoms with Gasteiger partial charge in [0, 0.05) is 12.6 Å². The number of benzene rings is 2. The summed E-state index contributed by atoms with van der Waals surface area (Å²) < 4.78 is 29.8. The number of ether oxygens (including phenoxy) is 3.